The fourth-order valence-electron chi connectivity index (χ4n) is 2.11. The summed E-state index contributed by atoms with van der Waals surface area (Å²) in [4.78, 5) is 47.6. The molecule has 23 heavy (non-hydrogen) atoms. The minimum Gasteiger partial charge on any atom is -0.449 e. The zero-order valence-corrected chi connectivity index (χ0v) is 12.8. The molecule has 1 aliphatic rings. The first-order chi connectivity index (χ1) is 10.9. The van der Waals surface area contributed by atoms with Gasteiger partial charge in [0.15, 0.2) is 6.10 Å². The number of nitrogens with one attached hydrogen (secondary N) is 2. The first kappa shape index (κ1) is 16.5. The van der Waals surface area contributed by atoms with Crippen LogP contribution in [0.5, 0.6) is 0 Å². The molecule has 122 valence electrons. The Morgan fingerprint density at radius 3 is 2.70 bits per heavy atom. The van der Waals surface area contributed by atoms with E-state index in [1.165, 1.54) is 26.0 Å². The molecule has 0 spiro atoms. The third-order valence-electron chi connectivity index (χ3n) is 3.17. The fourth-order valence-corrected chi connectivity index (χ4v) is 2.11. The zero-order valence-electron chi connectivity index (χ0n) is 12.8. The van der Waals surface area contributed by atoms with Crippen molar-refractivity contribution < 1.29 is 23.9 Å². The van der Waals surface area contributed by atoms with Gasteiger partial charge in [0, 0.05) is 25.7 Å². The number of nitrogens with zero attached hydrogens (tertiary/aromatic N) is 1. The zero-order chi connectivity index (χ0) is 17.0. The van der Waals surface area contributed by atoms with Gasteiger partial charge in [-0.1, -0.05) is 6.07 Å². The van der Waals surface area contributed by atoms with Crippen molar-refractivity contribution in [2.75, 3.05) is 18.4 Å². The van der Waals surface area contributed by atoms with Gasteiger partial charge in [0.25, 0.3) is 5.91 Å². The van der Waals surface area contributed by atoms with Crippen molar-refractivity contribution in [3.63, 3.8) is 0 Å². The van der Waals surface area contributed by atoms with Gasteiger partial charge in [0.2, 0.25) is 5.91 Å². The van der Waals surface area contributed by atoms with Crippen molar-refractivity contribution in [3.05, 3.63) is 29.8 Å². The van der Waals surface area contributed by atoms with Crippen LogP contribution in [0.15, 0.2) is 24.3 Å². The lowest BCUT2D eigenvalue weighted by Crippen LogP contribution is -2.41. The third-order valence-corrected chi connectivity index (χ3v) is 3.17. The van der Waals surface area contributed by atoms with Gasteiger partial charge in [-0.15, -0.1) is 0 Å². The van der Waals surface area contributed by atoms with Crippen molar-refractivity contribution in [1.29, 1.82) is 0 Å². The van der Waals surface area contributed by atoms with Crippen LogP contribution in [0.25, 0.3) is 0 Å². The summed E-state index contributed by atoms with van der Waals surface area (Å²) >= 11 is 0. The summed E-state index contributed by atoms with van der Waals surface area (Å²) in [6.07, 6.45) is -1.09. The first-order valence-electron chi connectivity index (χ1n) is 7.06. The van der Waals surface area contributed by atoms with Crippen LogP contribution >= 0.6 is 0 Å². The molecule has 0 bridgehead atoms. The van der Waals surface area contributed by atoms with E-state index < -0.39 is 24.0 Å². The summed E-state index contributed by atoms with van der Waals surface area (Å²) in [5.41, 5.74) is 0.645. The molecule has 4 amide bonds. The molecule has 0 radical (unpaired) electrons. The van der Waals surface area contributed by atoms with Crippen LogP contribution in [-0.2, 0) is 14.3 Å². The Balaban J connectivity index is 2.02. The molecule has 1 heterocycles. The Labute approximate surface area is 132 Å². The van der Waals surface area contributed by atoms with Crippen molar-refractivity contribution >= 4 is 29.5 Å². The number of ether oxygens (including phenoxy) is 1. The monoisotopic (exact) mass is 319 g/mol. The van der Waals surface area contributed by atoms with E-state index in [-0.39, 0.29) is 18.0 Å². The van der Waals surface area contributed by atoms with E-state index in [9.17, 15) is 19.2 Å². The topological polar surface area (TPSA) is 105 Å². The van der Waals surface area contributed by atoms with Crippen molar-refractivity contribution in [2.24, 2.45) is 0 Å². The molecule has 0 aromatic heterocycles. The van der Waals surface area contributed by atoms with E-state index in [2.05, 4.69) is 10.6 Å². The molecule has 1 aromatic carbocycles. The number of esters is 1. The van der Waals surface area contributed by atoms with Gasteiger partial charge in [0.05, 0.1) is 5.56 Å². The maximum absolute atomic E-state index is 12.1. The Hall–Kier alpha value is -2.90. The van der Waals surface area contributed by atoms with Gasteiger partial charge in [-0.2, -0.15) is 0 Å². The summed E-state index contributed by atoms with van der Waals surface area (Å²) in [7, 11) is 0. The number of anilines is 1. The molecular weight excluding hydrogens is 302 g/mol. The molecule has 8 heteroatoms. The van der Waals surface area contributed by atoms with Crippen LogP contribution in [0, 0.1) is 0 Å². The van der Waals surface area contributed by atoms with Crippen LogP contribution in [-0.4, -0.2) is 47.9 Å². The van der Waals surface area contributed by atoms with E-state index in [0.29, 0.717) is 12.2 Å². The van der Waals surface area contributed by atoms with Gasteiger partial charge in [0.1, 0.15) is 0 Å². The Morgan fingerprint density at radius 1 is 1.35 bits per heavy atom. The molecule has 1 aromatic rings. The highest BCUT2D eigenvalue weighted by molar-refractivity contribution is 6.00. The van der Waals surface area contributed by atoms with Crippen molar-refractivity contribution in [3.8, 4) is 0 Å². The summed E-state index contributed by atoms with van der Waals surface area (Å²) in [5.74, 6) is -1.55. The van der Waals surface area contributed by atoms with Crippen LogP contribution in [0.4, 0.5) is 10.5 Å². The molecule has 1 saturated heterocycles. The average molecular weight is 319 g/mol. The van der Waals surface area contributed by atoms with Crippen LogP contribution < -0.4 is 10.6 Å². The Morgan fingerprint density at radius 2 is 2.09 bits per heavy atom. The van der Waals surface area contributed by atoms with Crippen molar-refractivity contribution in [2.45, 2.75) is 20.0 Å². The largest absolute Gasteiger partial charge is 0.449 e. The number of carbonyl (C=O) groups excluding carboxylic acids is 4. The molecular formula is C15H17N3O5. The number of hydrogen-bond acceptors (Lipinski definition) is 5. The molecule has 0 saturated carbocycles. The number of imide groups is 1. The standard InChI is InChI=1S/C15H17N3O5/c1-9(13(20)18-7-6-16-15(18)22)23-14(21)11-4-3-5-12(8-11)17-10(2)19/h3-5,8-9H,6-7H2,1-2H3,(H,16,22)(H,17,19). The highest BCUT2D eigenvalue weighted by Crippen LogP contribution is 2.13. The van der Waals surface area contributed by atoms with Crippen molar-refractivity contribution in [1.82, 2.24) is 10.2 Å². The summed E-state index contributed by atoms with van der Waals surface area (Å²) in [5, 5.41) is 5.05. The second-order valence-electron chi connectivity index (χ2n) is 5.03. The quantitative estimate of drug-likeness (QED) is 0.797. The molecule has 2 rings (SSSR count). The molecule has 1 atom stereocenters. The molecule has 8 nitrogen and oxygen atoms in total. The van der Waals surface area contributed by atoms with Gasteiger partial charge < -0.3 is 15.4 Å². The smallest absolute Gasteiger partial charge is 0.338 e. The Bertz CT molecular complexity index is 658. The molecule has 2 N–H and O–H groups in total. The number of benzene rings is 1. The maximum Gasteiger partial charge on any atom is 0.338 e. The molecule has 1 unspecified atom stereocenters. The summed E-state index contributed by atoms with van der Waals surface area (Å²) < 4.78 is 5.10. The number of amides is 4. The summed E-state index contributed by atoms with van der Waals surface area (Å²) in [6.45, 7) is 3.39. The normalized spacial score (nSPS) is 14.9. The van der Waals surface area contributed by atoms with E-state index in [1.54, 1.807) is 12.1 Å². The van der Waals surface area contributed by atoms with Crippen LogP contribution in [0.1, 0.15) is 24.2 Å². The lowest BCUT2D eigenvalue weighted by atomic mass is 10.2. The molecule has 1 fully saturated rings. The minimum atomic E-state index is -1.09. The predicted octanol–water partition coefficient (Wildman–Crippen LogP) is 0.742. The van der Waals surface area contributed by atoms with E-state index >= 15 is 0 Å². The number of carbonyl (C=O) groups is 4. The second-order valence-corrected chi connectivity index (χ2v) is 5.03. The molecule has 1 aliphatic heterocycles. The average Bonchev–Trinajstić information content (AvgIpc) is 2.92. The molecule has 0 aliphatic carbocycles. The lowest BCUT2D eigenvalue weighted by Gasteiger charge is -2.18. The minimum absolute atomic E-state index is 0.196. The number of rotatable bonds is 4. The van der Waals surface area contributed by atoms with E-state index in [4.69, 9.17) is 4.74 Å². The van der Waals surface area contributed by atoms with Crippen LogP contribution in [0.2, 0.25) is 0 Å². The third kappa shape index (κ3) is 4.06. The number of hydrogen-bond donors (Lipinski definition) is 2. The second kappa shape index (κ2) is 6.91. The van der Waals surface area contributed by atoms with E-state index in [1.807, 2.05) is 0 Å². The fraction of sp³-hybridized carbons (Fsp3) is 0.333. The van der Waals surface area contributed by atoms with Gasteiger partial charge in [-0.3, -0.25) is 14.5 Å². The van der Waals surface area contributed by atoms with Gasteiger partial charge in [-0.25, -0.2) is 9.59 Å². The lowest BCUT2D eigenvalue weighted by molar-refractivity contribution is -0.136. The van der Waals surface area contributed by atoms with Gasteiger partial charge >= 0.3 is 12.0 Å². The SMILES string of the molecule is CC(=O)Nc1cccc(C(=O)OC(C)C(=O)N2CCNC2=O)c1. The highest BCUT2D eigenvalue weighted by atomic mass is 16.5. The maximum atomic E-state index is 12.1. The van der Waals surface area contributed by atoms with Crippen LogP contribution in [0.3, 0.4) is 0 Å². The highest BCUT2D eigenvalue weighted by Gasteiger charge is 2.31. The first-order valence-corrected chi connectivity index (χ1v) is 7.06. The van der Waals surface area contributed by atoms with Gasteiger partial charge in [-0.05, 0) is 25.1 Å². The Kier molecular flexibility index (Phi) is 4.95. The predicted molar refractivity (Wildman–Crippen MR) is 80.7 cm³/mol. The summed E-state index contributed by atoms with van der Waals surface area (Å²) in [6, 6.07) is 5.67. The number of urea groups is 1. The van der Waals surface area contributed by atoms with E-state index in [0.717, 1.165) is 4.90 Å².